The van der Waals surface area contributed by atoms with Gasteiger partial charge >= 0.3 is 0 Å². The molecule has 258 valence electrons. The van der Waals surface area contributed by atoms with Crippen molar-refractivity contribution in [1.82, 2.24) is 4.98 Å². The van der Waals surface area contributed by atoms with Gasteiger partial charge in [-0.05, 0) is 98.9 Å². The molecule has 11 rings (SSSR count). The van der Waals surface area contributed by atoms with Gasteiger partial charge in [0, 0.05) is 33.3 Å². The van der Waals surface area contributed by atoms with Crippen LogP contribution in [-0.2, 0) is 0 Å². The van der Waals surface area contributed by atoms with Gasteiger partial charge in [0.2, 0.25) is 5.89 Å². The molecule has 2 aromatic heterocycles. The molecule has 0 saturated heterocycles. The Balaban J connectivity index is 1.14. The molecule has 0 aliphatic carbocycles. The highest BCUT2D eigenvalue weighted by atomic mass is 16.3. The van der Waals surface area contributed by atoms with Gasteiger partial charge in [-0.15, -0.1) is 0 Å². The maximum Gasteiger partial charge on any atom is 0.227 e. The molecule has 0 bridgehead atoms. The van der Waals surface area contributed by atoms with Crippen LogP contribution in [-0.4, -0.2) is 4.98 Å². The smallest absolute Gasteiger partial charge is 0.227 e. The molecule has 4 nitrogen and oxygen atoms in total. The molecule has 9 aromatic carbocycles. The topological polar surface area (TPSA) is 42.4 Å². The second kappa shape index (κ2) is 12.6. The van der Waals surface area contributed by atoms with Crippen molar-refractivity contribution < 1.29 is 8.83 Å². The van der Waals surface area contributed by atoms with Gasteiger partial charge in [-0.1, -0.05) is 133 Å². The van der Waals surface area contributed by atoms with E-state index in [2.05, 4.69) is 163 Å². The van der Waals surface area contributed by atoms with Crippen molar-refractivity contribution >= 4 is 71.6 Å². The first kappa shape index (κ1) is 31.1. The van der Waals surface area contributed by atoms with Gasteiger partial charge in [0.05, 0.1) is 5.69 Å². The predicted molar refractivity (Wildman–Crippen MR) is 227 cm³/mol. The number of hydrogen-bond acceptors (Lipinski definition) is 4. The summed E-state index contributed by atoms with van der Waals surface area (Å²) >= 11 is 0. The van der Waals surface area contributed by atoms with E-state index in [0.717, 1.165) is 77.6 Å². The van der Waals surface area contributed by atoms with E-state index in [1.807, 2.05) is 36.4 Å². The molecule has 0 saturated carbocycles. The second-order valence-electron chi connectivity index (χ2n) is 13.9. The van der Waals surface area contributed by atoms with E-state index in [9.17, 15) is 0 Å². The molecule has 4 heteroatoms. The molecule has 0 aliphatic rings. The number of para-hydroxylation sites is 1. The lowest BCUT2D eigenvalue weighted by atomic mass is 9.93. The van der Waals surface area contributed by atoms with E-state index in [4.69, 9.17) is 13.8 Å². The molecule has 2 heterocycles. The standard InChI is InChI=1S/C51H32N2O2/c1-3-12-33(13-4-1)35-22-26-40(27-23-35)53(41-28-24-34-14-7-8-17-37(34)30-41)45-21-11-20-43-49-47(54-50(43)45)32-38-18-9-10-19-42(38)48(49)39-25-29-46-44(31-39)52-51(55-46)36-15-5-2-6-16-36/h1-32H. The van der Waals surface area contributed by atoms with Crippen LogP contribution < -0.4 is 4.90 Å². The number of furan rings is 1. The summed E-state index contributed by atoms with van der Waals surface area (Å²) in [6, 6.07) is 68.1. The third-order valence-electron chi connectivity index (χ3n) is 10.7. The summed E-state index contributed by atoms with van der Waals surface area (Å²) < 4.78 is 13.3. The first-order valence-electron chi connectivity index (χ1n) is 18.5. The van der Waals surface area contributed by atoms with Gasteiger partial charge in [0.25, 0.3) is 0 Å². The van der Waals surface area contributed by atoms with E-state index in [-0.39, 0.29) is 0 Å². The lowest BCUT2D eigenvalue weighted by Crippen LogP contribution is -2.10. The third kappa shape index (κ3) is 5.26. The van der Waals surface area contributed by atoms with E-state index in [1.54, 1.807) is 0 Å². The summed E-state index contributed by atoms with van der Waals surface area (Å²) in [6.45, 7) is 0. The third-order valence-corrected chi connectivity index (χ3v) is 10.7. The van der Waals surface area contributed by atoms with Gasteiger partial charge in [-0.2, -0.15) is 0 Å². The zero-order chi connectivity index (χ0) is 36.3. The first-order valence-corrected chi connectivity index (χ1v) is 18.5. The Hall–Kier alpha value is -7.43. The fourth-order valence-corrected chi connectivity index (χ4v) is 8.05. The highest BCUT2D eigenvalue weighted by Crippen LogP contribution is 2.47. The van der Waals surface area contributed by atoms with Gasteiger partial charge in [-0.3, -0.25) is 0 Å². The Morgan fingerprint density at radius 2 is 1.05 bits per heavy atom. The quantitative estimate of drug-likeness (QED) is 0.173. The summed E-state index contributed by atoms with van der Waals surface area (Å²) in [7, 11) is 0. The van der Waals surface area contributed by atoms with Crippen LogP contribution in [0, 0.1) is 0 Å². The Morgan fingerprint density at radius 1 is 0.400 bits per heavy atom. The fraction of sp³-hybridized carbons (Fsp3) is 0. The largest absolute Gasteiger partial charge is 0.454 e. The van der Waals surface area contributed by atoms with Crippen LogP contribution in [0.3, 0.4) is 0 Å². The van der Waals surface area contributed by atoms with Crippen LogP contribution in [0.4, 0.5) is 17.1 Å². The number of hydrogen-bond donors (Lipinski definition) is 0. The molecule has 0 spiro atoms. The lowest BCUT2D eigenvalue weighted by molar-refractivity contribution is 0.620. The van der Waals surface area contributed by atoms with Crippen molar-refractivity contribution in [3.05, 3.63) is 194 Å². The molecular formula is C51H32N2O2. The second-order valence-corrected chi connectivity index (χ2v) is 13.9. The summed E-state index contributed by atoms with van der Waals surface area (Å²) in [4.78, 5) is 7.25. The number of oxazole rings is 1. The van der Waals surface area contributed by atoms with E-state index in [0.29, 0.717) is 5.89 Å². The van der Waals surface area contributed by atoms with E-state index >= 15 is 0 Å². The minimum absolute atomic E-state index is 0.611. The number of rotatable bonds is 6. The molecule has 0 atom stereocenters. The maximum atomic E-state index is 7.03. The Labute approximate surface area is 317 Å². The number of benzene rings is 9. The van der Waals surface area contributed by atoms with Crippen LogP contribution in [0.1, 0.15) is 0 Å². The summed E-state index contributed by atoms with van der Waals surface area (Å²) in [5.41, 5.74) is 11.7. The molecule has 0 N–H and O–H groups in total. The van der Waals surface area contributed by atoms with Crippen LogP contribution in [0.15, 0.2) is 203 Å². The van der Waals surface area contributed by atoms with Crippen LogP contribution in [0.25, 0.3) is 88.3 Å². The SMILES string of the molecule is c1ccc(-c2ccc(N(c3ccc4ccccc4c3)c3cccc4c3oc3cc5ccccc5c(-c5ccc6oc(-c7ccccc7)nc6c5)c34)cc2)cc1. The van der Waals surface area contributed by atoms with Crippen molar-refractivity contribution in [2.45, 2.75) is 0 Å². The van der Waals surface area contributed by atoms with Crippen LogP contribution >= 0.6 is 0 Å². The molecule has 11 aromatic rings. The monoisotopic (exact) mass is 704 g/mol. The number of aromatic nitrogens is 1. The zero-order valence-electron chi connectivity index (χ0n) is 29.7. The Bertz CT molecular complexity index is 3200. The number of nitrogens with zero attached hydrogens (tertiary/aromatic N) is 2. The van der Waals surface area contributed by atoms with Gasteiger partial charge in [-0.25, -0.2) is 4.98 Å². The molecule has 0 aliphatic heterocycles. The van der Waals surface area contributed by atoms with Crippen molar-refractivity contribution in [1.29, 1.82) is 0 Å². The summed E-state index contributed by atoms with van der Waals surface area (Å²) in [6.07, 6.45) is 0. The van der Waals surface area contributed by atoms with Crippen molar-refractivity contribution in [2.75, 3.05) is 4.90 Å². The highest BCUT2D eigenvalue weighted by Gasteiger charge is 2.23. The molecule has 0 radical (unpaired) electrons. The molecule has 0 amide bonds. The average molecular weight is 705 g/mol. The average Bonchev–Trinajstić information content (AvgIpc) is 3.85. The van der Waals surface area contributed by atoms with Gasteiger partial charge in [0.15, 0.2) is 11.2 Å². The van der Waals surface area contributed by atoms with Crippen LogP contribution in [0.2, 0.25) is 0 Å². The number of fused-ring (bicyclic) bond motifs is 6. The minimum Gasteiger partial charge on any atom is -0.454 e. The lowest BCUT2D eigenvalue weighted by Gasteiger charge is -2.26. The molecule has 55 heavy (non-hydrogen) atoms. The van der Waals surface area contributed by atoms with Crippen LogP contribution in [0.5, 0.6) is 0 Å². The van der Waals surface area contributed by atoms with E-state index in [1.165, 1.54) is 21.9 Å². The van der Waals surface area contributed by atoms with Crippen molar-refractivity contribution in [3.63, 3.8) is 0 Å². The van der Waals surface area contributed by atoms with Gasteiger partial charge in [0.1, 0.15) is 11.1 Å². The zero-order valence-corrected chi connectivity index (χ0v) is 29.7. The van der Waals surface area contributed by atoms with Gasteiger partial charge < -0.3 is 13.7 Å². The van der Waals surface area contributed by atoms with E-state index < -0.39 is 0 Å². The summed E-state index contributed by atoms with van der Waals surface area (Å²) in [5.74, 6) is 0.611. The maximum absolute atomic E-state index is 7.03. The highest BCUT2D eigenvalue weighted by molar-refractivity contribution is 6.22. The summed E-state index contributed by atoms with van der Waals surface area (Å²) in [5, 5.41) is 6.75. The molecular weight excluding hydrogens is 673 g/mol. The van der Waals surface area contributed by atoms with Crippen molar-refractivity contribution in [2.24, 2.45) is 0 Å². The first-order chi connectivity index (χ1) is 27.2. The molecule has 0 unspecified atom stereocenters. The normalized spacial score (nSPS) is 11.6. The Morgan fingerprint density at radius 3 is 1.87 bits per heavy atom. The minimum atomic E-state index is 0.611. The Kier molecular flexibility index (Phi) is 7.14. The molecule has 0 fully saturated rings. The fourth-order valence-electron chi connectivity index (χ4n) is 8.05. The number of anilines is 3. The predicted octanol–water partition coefficient (Wildman–Crippen LogP) is 14.5. The van der Waals surface area contributed by atoms with Crippen molar-refractivity contribution in [3.8, 4) is 33.7 Å².